The third-order valence-corrected chi connectivity index (χ3v) is 10.6. The molecule has 0 spiro atoms. The van der Waals surface area contributed by atoms with Gasteiger partial charge in [-0.05, 0) is 112 Å². The van der Waals surface area contributed by atoms with E-state index in [0.717, 1.165) is 83.4 Å². The summed E-state index contributed by atoms with van der Waals surface area (Å²) in [6.07, 6.45) is 8.46. The van der Waals surface area contributed by atoms with Crippen molar-refractivity contribution in [2.75, 3.05) is 50.4 Å². The summed E-state index contributed by atoms with van der Waals surface area (Å²) in [5.74, 6) is 1.27. The van der Waals surface area contributed by atoms with Gasteiger partial charge in [0.15, 0.2) is 9.84 Å². The fourth-order valence-corrected chi connectivity index (χ4v) is 7.05. The monoisotopic (exact) mass is 635 g/mol. The lowest BCUT2D eigenvalue weighted by atomic mass is 9.90. The molecule has 0 radical (unpaired) electrons. The molecule has 2 fully saturated rings. The lowest BCUT2D eigenvalue weighted by Gasteiger charge is -2.33. The predicted octanol–water partition coefficient (Wildman–Crippen LogP) is 6.11. The number of benzene rings is 2. The van der Waals surface area contributed by atoms with Gasteiger partial charge in [0.05, 0.1) is 14.9 Å². The van der Waals surface area contributed by atoms with Gasteiger partial charge < -0.3 is 14.7 Å². The highest BCUT2D eigenvalue weighted by Crippen LogP contribution is 2.29. The van der Waals surface area contributed by atoms with Crippen LogP contribution in [-0.4, -0.2) is 75.6 Å². The number of piperidine rings is 2. The van der Waals surface area contributed by atoms with E-state index in [1.54, 1.807) is 31.2 Å². The molecule has 7 nitrogen and oxygen atoms in total. The zero-order chi connectivity index (χ0) is 30.3. The van der Waals surface area contributed by atoms with Gasteiger partial charge in [0.25, 0.3) is 0 Å². The Bertz CT molecular complexity index is 1320. The Kier molecular flexibility index (Phi) is 11.7. The Balaban J connectivity index is 1.25. The van der Waals surface area contributed by atoms with Crippen LogP contribution in [0.3, 0.4) is 0 Å². The fourth-order valence-electron chi connectivity index (χ4n) is 6.12. The minimum Gasteiger partial charge on any atom is -0.343 e. The molecule has 0 bridgehead atoms. The van der Waals surface area contributed by atoms with Gasteiger partial charge in [0.1, 0.15) is 0 Å². The number of carbonyl (C=O) groups is 2. The molecule has 4 rings (SSSR count). The molecule has 0 N–H and O–H groups in total. The first-order valence-corrected chi connectivity index (χ1v) is 17.7. The average molecular weight is 637 g/mol. The van der Waals surface area contributed by atoms with Gasteiger partial charge in [0, 0.05) is 44.9 Å². The third kappa shape index (κ3) is 9.43. The summed E-state index contributed by atoms with van der Waals surface area (Å²) in [7, 11) is -3.17. The van der Waals surface area contributed by atoms with Crippen LogP contribution in [0.5, 0.6) is 0 Å². The molecule has 2 amide bonds. The van der Waals surface area contributed by atoms with E-state index in [0.29, 0.717) is 39.7 Å². The van der Waals surface area contributed by atoms with E-state index >= 15 is 0 Å². The fraction of sp³-hybridized carbons (Fsp3) is 0.562. The van der Waals surface area contributed by atoms with Crippen molar-refractivity contribution in [1.82, 2.24) is 9.80 Å². The number of anilines is 1. The predicted molar refractivity (Wildman–Crippen MR) is 170 cm³/mol. The molecule has 2 aliphatic rings. The van der Waals surface area contributed by atoms with E-state index in [1.165, 1.54) is 11.8 Å². The van der Waals surface area contributed by atoms with Crippen LogP contribution in [0.1, 0.15) is 57.4 Å². The lowest BCUT2D eigenvalue weighted by molar-refractivity contribution is -0.130. The van der Waals surface area contributed by atoms with Gasteiger partial charge in [-0.2, -0.15) is 0 Å². The van der Waals surface area contributed by atoms with Crippen molar-refractivity contribution in [3.05, 3.63) is 58.1 Å². The van der Waals surface area contributed by atoms with Crippen molar-refractivity contribution in [2.24, 2.45) is 11.8 Å². The Morgan fingerprint density at radius 1 is 0.905 bits per heavy atom. The second-order valence-electron chi connectivity index (χ2n) is 11.9. The molecule has 42 heavy (non-hydrogen) atoms. The van der Waals surface area contributed by atoms with Crippen LogP contribution in [0.2, 0.25) is 10.0 Å². The first-order chi connectivity index (χ1) is 20.0. The number of halogens is 2. The topological polar surface area (TPSA) is 78.0 Å². The summed E-state index contributed by atoms with van der Waals surface area (Å²) in [6.45, 7) is 6.74. The van der Waals surface area contributed by atoms with Gasteiger partial charge in [0.2, 0.25) is 11.8 Å². The van der Waals surface area contributed by atoms with Crippen molar-refractivity contribution in [3.8, 4) is 0 Å². The Morgan fingerprint density at radius 3 is 2.14 bits per heavy atom. The summed E-state index contributed by atoms with van der Waals surface area (Å²) in [4.78, 5) is 31.7. The Labute approximate surface area is 261 Å². The van der Waals surface area contributed by atoms with E-state index in [-0.39, 0.29) is 11.8 Å². The summed E-state index contributed by atoms with van der Waals surface area (Å²) in [6, 6.07) is 12.7. The maximum atomic E-state index is 13.5. The van der Waals surface area contributed by atoms with Crippen LogP contribution < -0.4 is 4.90 Å². The van der Waals surface area contributed by atoms with E-state index in [4.69, 9.17) is 23.2 Å². The summed E-state index contributed by atoms with van der Waals surface area (Å²) in [5, 5.41) is 0.913. The van der Waals surface area contributed by atoms with Crippen LogP contribution in [0.15, 0.2) is 47.4 Å². The number of hydrogen-bond acceptors (Lipinski definition) is 5. The van der Waals surface area contributed by atoms with Crippen molar-refractivity contribution in [2.45, 2.75) is 63.2 Å². The molecule has 230 valence electrons. The minimum atomic E-state index is -3.17. The third-order valence-electron chi connectivity index (χ3n) is 8.78. The maximum absolute atomic E-state index is 13.5. The van der Waals surface area contributed by atoms with Crippen LogP contribution in [0.25, 0.3) is 0 Å². The molecule has 0 saturated carbocycles. The number of rotatable bonds is 11. The van der Waals surface area contributed by atoms with Crippen molar-refractivity contribution in [3.63, 3.8) is 0 Å². The number of nitrogens with zero attached hydrogens (tertiary/aromatic N) is 3. The molecule has 0 unspecified atom stereocenters. The van der Waals surface area contributed by atoms with Crippen molar-refractivity contribution >= 4 is 50.5 Å². The molecule has 2 heterocycles. The first-order valence-electron chi connectivity index (χ1n) is 15.0. The van der Waals surface area contributed by atoms with E-state index in [9.17, 15) is 18.0 Å². The number of amides is 2. The number of likely N-dealkylation sites (tertiary alicyclic amines) is 2. The molecule has 0 atom stereocenters. The molecular formula is C32H43Cl2N3O4S. The highest BCUT2D eigenvalue weighted by atomic mass is 35.5. The SMILES string of the molecule is CC(=O)N1CCC(CCC(=O)N(CCCN2CCC(Cc3ccc(S(C)(=O)=O)cc3)CC2)c2ccc(Cl)c(Cl)c2)CC1. The van der Waals surface area contributed by atoms with E-state index < -0.39 is 9.84 Å². The molecule has 0 aromatic heterocycles. The number of hydrogen-bond donors (Lipinski definition) is 0. The quantitative estimate of drug-likeness (QED) is 0.298. The standard InChI is InChI=1S/C32H43Cl2N3O4S/c1-24(38)36-20-14-25(15-21-36)6-11-32(39)37(28-7-10-30(33)31(34)23-28)17-3-16-35-18-12-27(13-19-35)22-26-4-8-29(9-5-26)42(2,40)41/h4-5,7-10,23,25,27H,3,6,11-22H2,1-2H3. The molecule has 0 aliphatic carbocycles. The van der Waals surface area contributed by atoms with Gasteiger partial charge in [-0.15, -0.1) is 0 Å². The normalized spacial score (nSPS) is 17.4. The second kappa shape index (κ2) is 15.0. The maximum Gasteiger partial charge on any atom is 0.226 e. The Hall–Kier alpha value is -2.13. The smallest absolute Gasteiger partial charge is 0.226 e. The molecule has 2 aromatic carbocycles. The van der Waals surface area contributed by atoms with E-state index in [2.05, 4.69) is 4.90 Å². The minimum absolute atomic E-state index is 0.1000. The molecule has 10 heteroatoms. The molecular weight excluding hydrogens is 593 g/mol. The van der Waals surface area contributed by atoms with Crippen LogP contribution >= 0.6 is 23.2 Å². The lowest BCUT2D eigenvalue weighted by Crippen LogP contribution is -2.39. The van der Waals surface area contributed by atoms with E-state index in [1.807, 2.05) is 28.0 Å². The molecule has 2 aromatic rings. The van der Waals surface area contributed by atoms with Crippen molar-refractivity contribution in [1.29, 1.82) is 0 Å². The zero-order valence-electron chi connectivity index (χ0n) is 24.7. The van der Waals surface area contributed by atoms with Gasteiger partial charge in [-0.3, -0.25) is 9.59 Å². The molecule has 2 aliphatic heterocycles. The first kappa shape index (κ1) is 32.8. The van der Waals surface area contributed by atoms with Gasteiger partial charge >= 0.3 is 0 Å². The molecule has 2 saturated heterocycles. The summed E-state index contributed by atoms with van der Waals surface area (Å²) >= 11 is 12.5. The zero-order valence-corrected chi connectivity index (χ0v) is 27.1. The highest BCUT2D eigenvalue weighted by Gasteiger charge is 2.24. The van der Waals surface area contributed by atoms with Crippen LogP contribution in [-0.2, 0) is 25.8 Å². The average Bonchev–Trinajstić information content (AvgIpc) is 2.96. The second-order valence-corrected chi connectivity index (χ2v) is 14.7. The van der Waals surface area contributed by atoms with Crippen LogP contribution in [0, 0.1) is 11.8 Å². The Morgan fingerprint density at radius 2 is 1.55 bits per heavy atom. The number of sulfone groups is 1. The summed E-state index contributed by atoms with van der Waals surface area (Å²) in [5.41, 5.74) is 1.96. The van der Waals surface area contributed by atoms with Gasteiger partial charge in [-0.1, -0.05) is 35.3 Å². The number of carbonyl (C=O) groups excluding carboxylic acids is 2. The van der Waals surface area contributed by atoms with Gasteiger partial charge in [-0.25, -0.2) is 8.42 Å². The largest absolute Gasteiger partial charge is 0.343 e. The highest BCUT2D eigenvalue weighted by molar-refractivity contribution is 7.90. The van der Waals surface area contributed by atoms with Crippen LogP contribution in [0.4, 0.5) is 5.69 Å². The summed E-state index contributed by atoms with van der Waals surface area (Å²) < 4.78 is 23.4. The van der Waals surface area contributed by atoms with Crippen molar-refractivity contribution < 1.29 is 18.0 Å².